The highest BCUT2D eigenvalue weighted by molar-refractivity contribution is 5.89. The van der Waals surface area contributed by atoms with E-state index >= 15 is 0 Å². The SMILES string of the molecule is C=CC(/C=C/c1ccc(N(CCO)CCO)cc1)=C\C=[NH+]CCCC(=O)OCC(O)C1OC(=O)C(O)=C1O. The monoisotopic (exact) mass is 531 g/mol. The lowest BCUT2D eigenvalue weighted by Crippen LogP contribution is -2.68. The number of carbonyl (C=O) groups is 2. The van der Waals surface area contributed by atoms with Crippen LogP contribution in [0.3, 0.4) is 0 Å². The number of hydrogen-bond acceptors (Lipinski definition) is 10. The first-order valence-electron chi connectivity index (χ1n) is 12.1. The van der Waals surface area contributed by atoms with Crippen LogP contribution in [0.4, 0.5) is 5.69 Å². The van der Waals surface area contributed by atoms with E-state index in [0.29, 0.717) is 26.1 Å². The molecule has 0 spiro atoms. The molecule has 0 saturated heterocycles. The Hall–Kier alpha value is -3.93. The van der Waals surface area contributed by atoms with E-state index in [0.717, 1.165) is 16.8 Å². The van der Waals surface area contributed by atoms with E-state index in [4.69, 9.17) is 4.74 Å². The topological polar surface area (TPSA) is 171 Å². The number of rotatable bonds is 16. The Labute approximate surface area is 221 Å². The maximum atomic E-state index is 11.8. The molecule has 0 saturated carbocycles. The number of nitrogens with zero attached hydrogens (tertiary/aromatic N) is 1. The molecule has 11 nitrogen and oxygen atoms in total. The average Bonchev–Trinajstić information content (AvgIpc) is 3.18. The van der Waals surface area contributed by atoms with Crippen molar-refractivity contribution in [2.45, 2.75) is 25.0 Å². The fraction of sp³-hybridized carbons (Fsp3) is 0.370. The minimum Gasteiger partial charge on any atom is -0.505 e. The summed E-state index contributed by atoms with van der Waals surface area (Å²) in [5.74, 6) is -3.49. The zero-order chi connectivity index (χ0) is 27.9. The van der Waals surface area contributed by atoms with Gasteiger partial charge in [-0.2, -0.15) is 0 Å². The van der Waals surface area contributed by atoms with Crippen molar-refractivity contribution in [1.29, 1.82) is 0 Å². The molecule has 6 N–H and O–H groups in total. The molecule has 0 radical (unpaired) electrons. The van der Waals surface area contributed by atoms with Crippen LogP contribution in [0.15, 0.2) is 66.2 Å². The van der Waals surface area contributed by atoms with E-state index in [-0.39, 0.29) is 19.6 Å². The standard InChI is InChI=1S/C27H34N2O9/c1-2-19(5-6-20-7-9-21(10-8-20)29(14-16-30)15-17-31)11-13-28-12-3-4-23(33)37-18-22(32)26-24(34)25(35)27(36)38-26/h2,5-11,13,22,26,30-32,34-35H,1,3-4,12,14-18H2/p+1/b6-5+,19-11+,28-13?. The van der Waals surface area contributed by atoms with Crippen molar-refractivity contribution < 1.29 is 49.6 Å². The molecule has 11 heteroatoms. The van der Waals surface area contributed by atoms with Gasteiger partial charge in [-0.15, -0.1) is 0 Å². The molecule has 1 aromatic rings. The Kier molecular flexibility index (Phi) is 12.8. The molecular weight excluding hydrogens is 496 g/mol. The first kappa shape index (κ1) is 30.3. The molecule has 0 fully saturated rings. The van der Waals surface area contributed by atoms with Crippen molar-refractivity contribution in [2.75, 3.05) is 44.4 Å². The van der Waals surface area contributed by atoms with Crippen LogP contribution >= 0.6 is 0 Å². The van der Waals surface area contributed by atoms with Crippen molar-refractivity contribution in [3.8, 4) is 0 Å². The van der Waals surface area contributed by atoms with Gasteiger partial charge in [-0.05, 0) is 23.3 Å². The summed E-state index contributed by atoms with van der Waals surface area (Å²) in [7, 11) is 0. The van der Waals surface area contributed by atoms with Gasteiger partial charge in [0.2, 0.25) is 5.76 Å². The number of ether oxygens (including phenoxy) is 2. The fourth-order valence-corrected chi connectivity index (χ4v) is 3.43. The third-order valence-corrected chi connectivity index (χ3v) is 5.50. The lowest BCUT2D eigenvalue weighted by molar-refractivity contribution is -0.451. The highest BCUT2D eigenvalue weighted by atomic mass is 16.6. The molecule has 206 valence electrons. The molecule has 0 bridgehead atoms. The maximum Gasteiger partial charge on any atom is 0.377 e. The Morgan fingerprint density at radius 3 is 2.45 bits per heavy atom. The number of esters is 2. The number of benzene rings is 1. The van der Waals surface area contributed by atoms with Crippen LogP contribution < -0.4 is 9.89 Å². The lowest BCUT2D eigenvalue weighted by Gasteiger charge is -2.22. The Morgan fingerprint density at radius 1 is 1.18 bits per heavy atom. The van der Waals surface area contributed by atoms with Gasteiger partial charge in [0.1, 0.15) is 19.3 Å². The van der Waals surface area contributed by atoms with Gasteiger partial charge in [-0.3, -0.25) is 4.79 Å². The number of aliphatic hydroxyl groups is 5. The van der Waals surface area contributed by atoms with Gasteiger partial charge < -0.3 is 39.9 Å². The number of cyclic esters (lactones) is 1. The second-order valence-corrected chi connectivity index (χ2v) is 8.26. The molecule has 2 atom stereocenters. The van der Waals surface area contributed by atoms with Gasteiger partial charge in [0.15, 0.2) is 18.1 Å². The summed E-state index contributed by atoms with van der Waals surface area (Å²) in [6, 6.07) is 7.74. The number of hydrogen-bond donors (Lipinski definition) is 6. The molecule has 0 amide bonds. The summed E-state index contributed by atoms with van der Waals surface area (Å²) in [6.07, 6.45) is 6.66. The predicted octanol–water partition coefficient (Wildman–Crippen LogP) is -0.308. The van der Waals surface area contributed by atoms with Gasteiger partial charge >= 0.3 is 11.9 Å². The number of carbonyl (C=O) groups excluding carboxylic acids is 2. The summed E-state index contributed by atoms with van der Waals surface area (Å²) in [5.41, 5.74) is 2.74. The van der Waals surface area contributed by atoms with Crippen molar-refractivity contribution >= 4 is 29.9 Å². The summed E-state index contributed by atoms with van der Waals surface area (Å²) in [4.78, 5) is 28.0. The lowest BCUT2D eigenvalue weighted by atomic mass is 10.1. The second kappa shape index (κ2) is 16.0. The largest absolute Gasteiger partial charge is 0.505 e. The van der Waals surface area contributed by atoms with Gasteiger partial charge in [0.25, 0.3) is 0 Å². The Morgan fingerprint density at radius 2 is 1.87 bits per heavy atom. The summed E-state index contributed by atoms with van der Waals surface area (Å²) < 4.78 is 9.53. The van der Waals surface area contributed by atoms with Crippen molar-refractivity contribution in [1.82, 2.24) is 0 Å². The van der Waals surface area contributed by atoms with Crippen LogP contribution in [-0.2, 0) is 19.1 Å². The molecule has 2 rings (SSSR count). The predicted molar refractivity (Wildman–Crippen MR) is 140 cm³/mol. The van der Waals surface area contributed by atoms with Gasteiger partial charge in [-0.1, -0.05) is 36.9 Å². The first-order chi connectivity index (χ1) is 18.3. The quantitative estimate of drug-likeness (QED) is 0.0720. The molecule has 0 aromatic heterocycles. The van der Waals surface area contributed by atoms with E-state index in [9.17, 15) is 35.1 Å². The second-order valence-electron chi connectivity index (χ2n) is 8.26. The van der Waals surface area contributed by atoms with E-state index in [1.807, 2.05) is 47.4 Å². The minimum atomic E-state index is -1.50. The smallest absolute Gasteiger partial charge is 0.377 e. The average molecular weight is 532 g/mol. The molecule has 1 heterocycles. The van der Waals surface area contributed by atoms with Crippen molar-refractivity contribution in [3.63, 3.8) is 0 Å². The summed E-state index contributed by atoms with van der Waals surface area (Å²) in [5, 5.41) is 47.0. The molecule has 1 aliphatic heterocycles. The Bertz CT molecular complexity index is 1050. The van der Waals surface area contributed by atoms with E-state index in [1.165, 1.54) is 0 Å². The van der Waals surface area contributed by atoms with Crippen LogP contribution in [0, 0.1) is 0 Å². The van der Waals surface area contributed by atoms with Crippen LogP contribution in [0.5, 0.6) is 0 Å². The Balaban J connectivity index is 1.73. The number of nitrogens with one attached hydrogen (secondary N) is 1. The minimum absolute atomic E-state index is 0.00502. The molecule has 0 aliphatic carbocycles. The van der Waals surface area contributed by atoms with Crippen LogP contribution in [0.2, 0.25) is 0 Å². The van der Waals surface area contributed by atoms with Gasteiger partial charge in [-0.25, -0.2) is 9.79 Å². The van der Waals surface area contributed by atoms with Crippen LogP contribution in [-0.4, -0.2) is 95.3 Å². The highest BCUT2D eigenvalue weighted by Crippen LogP contribution is 2.21. The zero-order valence-corrected chi connectivity index (χ0v) is 21.0. The summed E-state index contributed by atoms with van der Waals surface area (Å²) in [6.45, 7) is 4.69. The maximum absolute atomic E-state index is 11.8. The van der Waals surface area contributed by atoms with E-state index in [2.05, 4.69) is 16.3 Å². The van der Waals surface area contributed by atoms with Crippen LogP contribution in [0.25, 0.3) is 6.08 Å². The third kappa shape index (κ3) is 9.51. The zero-order valence-electron chi connectivity index (χ0n) is 21.0. The first-order valence-corrected chi connectivity index (χ1v) is 12.1. The fourth-order valence-electron chi connectivity index (χ4n) is 3.43. The normalized spacial score (nSPS) is 16.8. The van der Waals surface area contributed by atoms with Crippen molar-refractivity contribution in [2.24, 2.45) is 0 Å². The van der Waals surface area contributed by atoms with E-state index < -0.39 is 42.3 Å². The van der Waals surface area contributed by atoms with E-state index in [1.54, 1.807) is 12.3 Å². The highest BCUT2D eigenvalue weighted by Gasteiger charge is 2.39. The van der Waals surface area contributed by atoms with Crippen molar-refractivity contribution in [3.05, 3.63) is 71.7 Å². The number of allylic oxidation sites excluding steroid dienone is 4. The number of anilines is 1. The van der Waals surface area contributed by atoms with Crippen LogP contribution in [0.1, 0.15) is 18.4 Å². The van der Waals surface area contributed by atoms with Gasteiger partial charge in [0, 0.05) is 31.3 Å². The molecular formula is C27H35N2O9+. The molecule has 38 heavy (non-hydrogen) atoms. The molecule has 2 unspecified atom stereocenters. The number of aliphatic hydroxyl groups excluding tert-OH is 5. The molecule has 1 aliphatic rings. The van der Waals surface area contributed by atoms with Gasteiger partial charge in [0.05, 0.1) is 19.6 Å². The molecule has 1 aromatic carbocycles. The third-order valence-electron chi connectivity index (χ3n) is 5.50. The summed E-state index contributed by atoms with van der Waals surface area (Å²) >= 11 is 0.